The summed E-state index contributed by atoms with van der Waals surface area (Å²) < 4.78 is 31.7. The Kier molecular flexibility index (Phi) is 5.76. The van der Waals surface area contributed by atoms with Gasteiger partial charge in [0.15, 0.2) is 0 Å². The van der Waals surface area contributed by atoms with Gasteiger partial charge in [-0.25, -0.2) is 4.79 Å². The van der Waals surface area contributed by atoms with Gasteiger partial charge >= 0.3 is 12.1 Å². The summed E-state index contributed by atoms with van der Waals surface area (Å²) in [5, 5.41) is 10.6. The molecule has 2 N–H and O–H groups in total. The number of nitrogens with zero attached hydrogens (tertiary/aromatic N) is 2. The molecule has 3 heterocycles. The fourth-order valence-corrected chi connectivity index (χ4v) is 2.95. The van der Waals surface area contributed by atoms with E-state index in [-0.39, 0.29) is 5.91 Å². The van der Waals surface area contributed by atoms with E-state index in [1.165, 1.54) is 6.42 Å². The van der Waals surface area contributed by atoms with Crippen LogP contribution < -0.4 is 5.32 Å². The van der Waals surface area contributed by atoms with Crippen LogP contribution >= 0.6 is 0 Å². The van der Waals surface area contributed by atoms with E-state index in [1.54, 1.807) is 24.5 Å². The molecule has 0 saturated carbocycles. The number of nitrogens with one attached hydrogen (secondary N) is 1. The standard InChI is InChI=1S/C13H17N3O.C2HF3O2/c17-13(12-1-3-14-4-2-12)16-8-10-5-11(9-16)7-15-6-10;3-2(4,5)1(6)7/h1-4,10-11,15H,5-9H2;(H,6,7)/t10-,11+;. The highest BCUT2D eigenvalue weighted by Gasteiger charge is 2.38. The molecule has 2 bridgehead atoms. The number of hydrogen-bond donors (Lipinski definition) is 2. The van der Waals surface area contributed by atoms with Crippen molar-refractivity contribution in [1.82, 2.24) is 15.2 Å². The largest absolute Gasteiger partial charge is 0.490 e. The van der Waals surface area contributed by atoms with Crippen LogP contribution in [0.4, 0.5) is 13.2 Å². The Labute approximate surface area is 136 Å². The maximum Gasteiger partial charge on any atom is 0.490 e. The molecule has 6 nitrogen and oxygen atoms in total. The third-order valence-electron chi connectivity index (χ3n) is 3.95. The van der Waals surface area contributed by atoms with Crippen molar-refractivity contribution in [2.45, 2.75) is 12.6 Å². The number of fused-ring (bicyclic) bond motifs is 2. The number of carbonyl (C=O) groups is 2. The Morgan fingerprint density at radius 3 is 2.12 bits per heavy atom. The third-order valence-corrected chi connectivity index (χ3v) is 3.95. The summed E-state index contributed by atoms with van der Waals surface area (Å²) in [6, 6.07) is 3.59. The second kappa shape index (κ2) is 7.61. The van der Waals surface area contributed by atoms with Crippen LogP contribution in [0, 0.1) is 11.8 Å². The molecule has 0 spiro atoms. The lowest BCUT2D eigenvalue weighted by atomic mass is 9.85. The number of amides is 1. The van der Waals surface area contributed by atoms with Crippen molar-refractivity contribution < 1.29 is 27.9 Å². The lowest BCUT2D eigenvalue weighted by Crippen LogP contribution is -2.52. The Bertz CT molecular complexity index is 568. The fraction of sp³-hybridized carbons (Fsp3) is 0.533. The van der Waals surface area contributed by atoms with Crippen LogP contribution in [0.2, 0.25) is 0 Å². The maximum atomic E-state index is 12.3. The summed E-state index contributed by atoms with van der Waals surface area (Å²) in [6.45, 7) is 3.89. The zero-order valence-electron chi connectivity index (χ0n) is 12.8. The van der Waals surface area contributed by atoms with E-state index in [1.807, 2.05) is 4.90 Å². The van der Waals surface area contributed by atoms with Crippen LogP contribution in [-0.4, -0.2) is 59.2 Å². The molecule has 0 unspecified atom stereocenters. The number of aromatic nitrogens is 1. The first-order valence-corrected chi connectivity index (χ1v) is 7.47. The minimum Gasteiger partial charge on any atom is -0.475 e. The van der Waals surface area contributed by atoms with Gasteiger partial charge in [0.1, 0.15) is 0 Å². The van der Waals surface area contributed by atoms with Crippen LogP contribution in [0.15, 0.2) is 24.5 Å². The quantitative estimate of drug-likeness (QED) is 0.804. The minimum absolute atomic E-state index is 0.156. The van der Waals surface area contributed by atoms with Crippen molar-refractivity contribution in [2.24, 2.45) is 11.8 Å². The van der Waals surface area contributed by atoms with Gasteiger partial charge in [-0.3, -0.25) is 9.78 Å². The van der Waals surface area contributed by atoms with Crippen molar-refractivity contribution in [2.75, 3.05) is 26.2 Å². The monoisotopic (exact) mass is 345 g/mol. The normalized spacial score (nSPS) is 23.0. The van der Waals surface area contributed by atoms with E-state index in [0.717, 1.165) is 31.7 Å². The van der Waals surface area contributed by atoms with E-state index in [2.05, 4.69) is 10.3 Å². The maximum absolute atomic E-state index is 12.3. The number of halogens is 3. The number of alkyl halides is 3. The average Bonchev–Trinajstić information content (AvgIpc) is 2.54. The molecule has 3 rings (SSSR count). The molecule has 0 radical (unpaired) electrons. The fourth-order valence-electron chi connectivity index (χ4n) is 2.95. The molecular weight excluding hydrogens is 327 g/mol. The molecule has 0 aromatic carbocycles. The third kappa shape index (κ3) is 4.92. The molecule has 2 aliphatic heterocycles. The van der Waals surface area contributed by atoms with Crippen molar-refractivity contribution in [1.29, 1.82) is 0 Å². The van der Waals surface area contributed by atoms with Crippen molar-refractivity contribution in [3.63, 3.8) is 0 Å². The van der Waals surface area contributed by atoms with Gasteiger partial charge in [0.25, 0.3) is 5.91 Å². The minimum atomic E-state index is -5.08. The van der Waals surface area contributed by atoms with Crippen LogP contribution in [-0.2, 0) is 4.79 Å². The summed E-state index contributed by atoms with van der Waals surface area (Å²) in [6.07, 6.45) is -0.452. The summed E-state index contributed by atoms with van der Waals surface area (Å²) in [5.41, 5.74) is 0.757. The molecular formula is C15H18F3N3O3. The summed E-state index contributed by atoms with van der Waals surface area (Å²) in [5.74, 6) is -1.34. The van der Waals surface area contributed by atoms with Crippen LogP contribution in [0.3, 0.4) is 0 Å². The van der Waals surface area contributed by atoms with E-state index >= 15 is 0 Å². The molecule has 2 atom stereocenters. The van der Waals surface area contributed by atoms with Crippen molar-refractivity contribution >= 4 is 11.9 Å². The molecule has 1 amide bonds. The summed E-state index contributed by atoms with van der Waals surface area (Å²) >= 11 is 0. The molecule has 9 heteroatoms. The van der Waals surface area contributed by atoms with Gasteiger partial charge < -0.3 is 15.3 Å². The second-order valence-corrected chi connectivity index (χ2v) is 5.87. The summed E-state index contributed by atoms with van der Waals surface area (Å²) in [7, 11) is 0. The Balaban J connectivity index is 0.000000256. The number of piperidine rings is 2. The first kappa shape index (κ1) is 18.2. The van der Waals surface area contributed by atoms with E-state index in [9.17, 15) is 18.0 Å². The molecule has 2 saturated heterocycles. The highest BCUT2D eigenvalue weighted by molar-refractivity contribution is 5.94. The molecule has 132 valence electrons. The lowest BCUT2D eigenvalue weighted by molar-refractivity contribution is -0.192. The molecule has 0 aliphatic carbocycles. The first-order chi connectivity index (χ1) is 11.3. The van der Waals surface area contributed by atoms with E-state index < -0.39 is 12.1 Å². The van der Waals surface area contributed by atoms with Crippen LogP contribution in [0.5, 0.6) is 0 Å². The highest BCUT2D eigenvalue weighted by atomic mass is 19.4. The van der Waals surface area contributed by atoms with Gasteiger partial charge in [-0.1, -0.05) is 0 Å². The highest BCUT2D eigenvalue weighted by Crippen LogP contribution is 2.25. The summed E-state index contributed by atoms with van der Waals surface area (Å²) in [4.78, 5) is 27.2. The zero-order valence-corrected chi connectivity index (χ0v) is 12.8. The molecule has 2 fully saturated rings. The smallest absolute Gasteiger partial charge is 0.475 e. The SMILES string of the molecule is O=C(O)C(F)(F)F.O=C(c1ccncc1)N1C[C@@H]2CNC[C@@H](C2)C1. The number of likely N-dealkylation sites (tertiary alicyclic amines) is 1. The number of pyridine rings is 1. The topological polar surface area (TPSA) is 82.5 Å². The second-order valence-electron chi connectivity index (χ2n) is 5.87. The predicted molar refractivity (Wildman–Crippen MR) is 78.3 cm³/mol. The average molecular weight is 345 g/mol. The van der Waals surface area contributed by atoms with Crippen LogP contribution in [0.1, 0.15) is 16.8 Å². The van der Waals surface area contributed by atoms with Crippen LogP contribution in [0.25, 0.3) is 0 Å². The number of carboxylic acids is 1. The van der Waals surface area contributed by atoms with Gasteiger partial charge in [0.05, 0.1) is 0 Å². The van der Waals surface area contributed by atoms with Crippen molar-refractivity contribution in [3.05, 3.63) is 30.1 Å². The predicted octanol–water partition coefficient (Wildman–Crippen LogP) is 1.40. The van der Waals surface area contributed by atoms with Gasteiger partial charge in [-0.05, 0) is 43.5 Å². The molecule has 1 aromatic heterocycles. The molecule has 2 aliphatic rings. The Morgan fingerprint density at radius 2 is 1.67 bits per heavy atom. The van der Waals surface area contributed by atoms with Crippen molar-refractivity contribution in [3.8, 4) is 0 Å². The Morgan fingerprint density at radius 1 is 1.17 bits per heavy atom. The van der Waals surface area contributed by atoms with E-state index in [0.29, 0.717) is 11.8 Å². The lowest BCUT2D eigenvalue weighted by Gasteiger charge is -2.41. The number of hydrogen-bond acceptors (Lipinski definition) is 4. The molecule has 1 aromatic rings. The van der Waals surface area contributed by atoms with Gasteiger partial charge in [-0.15, -0.1) is 0 Å². The Hall–Kier alpha value is -2.16. The number of carboxylic acid groups (broad SMARTS) is 1. The van der Waals surface area contributed by atoms with Gasteiger partial charge in [0, 0.05) is 31.0 Å². The number of rotatable bonds is 1. The van der Waals surface area contributed by atoms with Gasteiger partial charge in [-0.2, -0.15) is 13.2 Å². The van der Waals surface area contributed by atoms with E-state index in [4.69, 9.17) is 9.90 Å². The number of carbonyl (C=O) groups excluding carboxylic acids is 1. The zero-order chi connectivity index (χ0) is 17.7. The number of aliphatic carboxylic acids is 1. The molecule has 24 heavy (non-hydrogen) atoms. The van der Waals surface area contributed by atoms with Gasteiger partial charge in [0.2, 0.25) is 0 Å². The first-order valence-electron chi connectivity index (χ1n) is 7.47.